The zero-order chi connectivity index (χ0) is 14.6. The molecule has 5 nitrogen and oxygen atoms in total. The number of hydrogen-bond acceptors (Lipinski definition) is 4. The van der Waals surface area contributed by atoms with E-state index in [0.717, 1.165) is 33.3 Å². The maximum absolute atomic E-state index is 9.82. The van der Waals surface area contributed by atoms with Gasteiger partial charge in [0.25, 0.3) is 0 Å². The normalized spacial score (nSPS) is 14.8. The summed E-state index contributed by atoms with van der Waals surface area (Å²) >= 11 is 8.29. The van der Waals surface area contributed by atoms with E-state index in [-0.39, 0.29) is 5.88 Å². The Labute approximate surface area is 139 Å². The van der Waals surface area contributed by atoms with Crippen molar-refractivity contribution in [3.8, 4) is 17.3 Å². The minimum Gasteiger partial charge on any atom is -0.492 e. The summed E-state index contributed by atoms with van der Waals surface area (Å²) in [4.78, 5) is 4.41. The van der Waals surface area contributed by atoms with Crippen LogP contribution in [0.4, 0.5) is 0 Å². The first kappa shape index (κ1) is 13.3. The standard InChI is InChI=1S/C14H10ClIN4O/c15-9-3-4-20-11(6-17-13(20)12(9)16)10-5-8(7-1-2-7)14(21)19-18-10/h3-7H,1-2H2,(H,19,21). The van der Waals surface area contributed by atoms with Crippen molar-refractivity contribution >= 4 is 39.8 Å². The molecule has 3 heterocycles. The van der Waals surface area contributed by atoms with Gasteiger partial charge in [-0.2, -0.15) is 0 Å². The minimum absolute atomic E-state index is 0.0349. The molecule has 0 unspecified atom stereocenters. The summed E-state index contributed by atoms with van der Waals surface area (Å²) in [6, 6.07) is 3.74. The van der Waals surface area contributed by atoms with E-state index in [9.17, 15) is 5.11 Å². The molecule has 0 aromatic carbocycles. The van der Waals surface area contributed by atoms with Crippen molar-refractivity contribution in [3.63, 3.8) is 0 Å². The Morgan fingerprint density at radius 1 is 1.33 bits per heavy atom. The molecule has 1 aliphatic carbocycles. The van der Waals surface area contributed by atoms with Crippen LogP contribution in [0.25, 0.3) is 17.0 Å². The molecule has 106 valence electrons. The van der Waals surface area contributed by atoms with Crippen LogP contribution in [-0.2, 0) is 0 Å². The third-order valence-electron chi connectivity index (χ3n) is 3.66. The number of halogens is 2. The van der Waals surface area contributed by atoms with Crippen molar-refractivity contribution in [1.29, 1.82) is 0 Å². The van der Waals surface area contributed by atoms with E-state index in [4.69, 9.17) is 11.6 Å². The Morgan fingerprint density at radius 3 is 2.90 bits per heavy atom. The SMILES string of the molecule is Oc1nnc(-c2cnc3c(I)c(Cl)ccn23)cc1C1CC1. The topological polar surface area (TPSA) is 63.3 Å². The van der Waals surface area contributed by atoms with Crippen LogP contribution in [0.3, 0.4) is 0 Å². The van der Waals surface area contributed by atoms with Gasteiger partial charge < -0.3 is 5.11 Å². The van der Waals surface area contributed by atoms with Gasteiger partial charge >= 0.3 is 0 Å². The van der Waals surface area contributed by atoms with Gasteiger partial charge in [-0.25, -0.2) is 4.98 Å². The number of pyridine rings is 1. The van der Waals surface area contributed by atoms with Gasteiger partial charge in [-0.1, -0.05) is 11.6 Å². The predicted octanol–water partition coefficient (Wildman–Crippen LogP) is 3.63. The highest BCUT2D eigenvalue weighted by molar-refractivity contribution is 14.1. The fraction of sp³-hybridized carbons (Fsp3) is 0.214. The van der Waals surface area contributed by atoms with E-state index >= 15 is 0 Å². The monoisotopic (exact) mass is 412 g/mol. The van der Waals surface area contributed by atoms with Crippen LogP contribution in [-0.4, -0.2) is 24.7 Å². The molecular formula is C14H10ClIN4O. The lowest BCUT2D eigenvalue weighted by Crippen LogP contribution is -1.96. The smallest absolute Gasteiger partial charge is 0.234 e. The fourth-order valence-corrected chi connectivity index (χ4v) is 3.12. The minimum atomic E-state index is 0.0349. The van der Waals surface area contributed by atoms with Crippen LogP contribution >= 0.6 is 34.2 Å². The molecule has 1 N–H and O–H groups in total. The van der Waals surface area contributed by atoms with Gasteiger partial charge in [-0.15, -0.1) is 10.2 Å². The zero-order valence-electron chi connectivity index (χ0n) is 10.8. The van der Waals surface area contributed by atoms with Crippen LogP contribution in [0.2, 0.25) is 5.02 Å². The molecule has 1 fully saturated rings. The van der Waals surface area contributed by atoms with Crippen LogP contribution in [0.1, 0.15) is 24.3 Å². The molecule has 4 rings (SSSR count). The molecule has 0 spiro atoms. The van der Waals surface area contributed by atoms with Crippen LogP contribution in [0, 0.1) is 3.57 Å². The third kappa shape index (κ3) is 2.17. The van der Waals surface area contributed by atoms with Gasteiger partial charge in [0.2, 0.25) is 5.88 Å². The molecule has 1 saturated carbocycles. The molecular weight excluding hydrogens is 403 g/mol. The van der Waals surface area contributed by atoms with E-state index in [1.807, 2.05) is 22.7 Å². The van der Waals surface area contributed by atoms with Crippen molar-refractivity contribution in [2.75, 3.05) is 0 Å². The van der Waals surface area contributed by atoms with Gasteiger partial charge in [-0.05, 0) is 53.5 Å². The zero-order valence-corrected chi connectivity index (χ0v) is 13.7. The van der Waals surface area contributed by atoms with E-state index in [0.29, 0.717) is 16.6 Å². The summed E-state index contributed by atoms with van der Waals surface area (Å²) in [7, 11) is 0. The maximum atomic E-state index is 9.82. The van der Waals surface area contributed by atoms with Gasteiger partial charge in [0.15, 0.2) is 5.65 Å². The Balaban J connectivity index is 1.90. The van der Waals surface area contributed by atoms with Crippen LogP contribution in [0.15, 0.2) is 24.5 Å². The summed E-state index contributed by atoms with van der Waals surface area (Å²) in [5, 5.41) is 18.5. The van der Waals surface area contributed by atoms with Crippen molar-refractivity contribution in [2.24, 2.45) is 0 Å². The molecule has 3 aromatic rings. The second-order valence-electron chi connectivity index (χ2n) is 5.10. The van der Waals surface area contributed by atoms with Gasteiger partial charge in [0.1, 0.15) is 5.69 Å². The van der Waals surface area contributed by atoms with E-state index in [1.165, 1.54) is 0 Å². The number of hydrogen-bond donors (Lipinski definition) is 1. The number of imidazole rings is 1. The summed E-state index contributed by atoms with van der Waals surface area (Å²) < 4.78 is 2.84. The number of aromatic hydroxyl groups is 1. The molecule has 21 heavy (non-hydrogen) atoms. The van der Waals surface area contributed by atoms with Gasteiger partial charge in [-0.3, -0.25) is 4.40 Å². The highest BCUT2D eigenvalue weighted by Gasteiger charge is 2.28. The van der Waals surface area contributed by atoms with Crippen molar-refractivity contribution in [3.05, 3.63) is 38.7 Å². The molecule has 0 aliphatic heterocycles. The Kier molecular flexibility index (Phi) is 3.04. The van der Waals surface area contributed by atoms with Gasteiger partial charge in [0, 0.05) is 11.8 Å². The number of fused-ring (bicyclic) bond motifs is 1. The van der Waals surface area contributed by atoms with E-state index in [1.54, 1.807) is 6.20 Å². The number of aromatic nitrogens is 4. The summed E-state index contributed by atoms with van der Waals surface area (Å²) in [5.41, 5.74) is 3.22. The Hall–Kier alpha value is -1.41. The summed E-state index contributed by atoms with van der Waals surface area (Å²) in [6.45, 7) is 0. The first-order valence-corrected chi connectivity index (χ1v) is 7.99. The highest BCUT2D eigenvalue weighted by Crippen LogP contribution is 2.44. The maximum Gasteiger partial charge on any atom is 0.234 e. The molecule has 0 amide bonds. The first-order chi connectivity index (χ1) is 10.1. The Morgan fingerprint density at radius 2 is 2.14 bits per heavy atom. The van der Waals surface area contributed by atoms with Crippen molar-refractivity contribution < 1.29 is 5.11 Å². The molecule has 0 atom stereocenters. The van der Waals surface area contributed by atoms with Crippen LogP contribution in [0.5, 0.6) is 5.88 Å². The predicted molar refractivity (Wildman–Crippen MR) is 87.6 cm³/mol. The molecule has 0 saturated heterocycles. The summed E-state index contributed by atoms with van der Waals surface area (Å²) in [6.07, 6.45) is 5.82. The number of nitrogens with zero attached hydrogens (tertiary/aromatic N) is 4. The molecule has 0 bridgehead atoms. The lowest BCUT2D eigenvalue weighted by molar-refractivity contribution is 0.438. The highest BCUT2D eigenvalue weighted by atomic mass is 127. The van der Waals surface area contributed by atoms with Gasteiger partial charge in [0.05, 0.1) is 20.5 Å². The first-order valence-electron chi connectivity index (χ1n) is 6.53. The average Bonchev–Trinajstić information content (AvgIpc) is 3.23. The van der Waals surface area contributed by atoms with Crippen molar-refractivity contribution in [1.82, 2.24) is 19.6 Å². The molecule has 1 aliphatic rings. The molecule has 3 aromatic heterocycles. The average molecular weight is 413 g/mol. The third-order valence-corrected chi connectivity index (χ3v) is 5.35. The Bertz CT molecular complexity index is 860. The quantitative estimate of drug-likeness (QED) is 0.653. The second kappa shape index (κ2) is 4.81. The lowest BCUT2D eigenvalue weighted by Gasteiger charge is -2.05. The molecule has 0 radical (unpaired) electrons. The fourth-order valence-electron chi connectivity index (χ4n) is 2.40. The lowest BCUT2D eigenvalue weighted by atomic mass is 10.1. The van der Waals surface area contributed by atoms with E-state index in [2.05, 4.69) is 37.8 Å². The second-order valence-corrected chi connectivity index (χ2v) is 6.58. The number of rotatable bonds is 2. The van der Waals surface area contributed by atoms with Crippen LogP contribution < -0.4 is 0 Å². The molecule has 7 heteroatoms. The van der Waals surface area contributed by atoms with Crippen molar-refractivity contribution in [2.45, 2.75) is 18.8 Å². The largest absolute Gasteiger partial charge is 0.492 e. The van der Waals surface area contributed by atoms with E-state index < -0.39 is 0 Å². The summed E-state index contributed by atoms with van der Waals surface area (Å²) in [5.74, 6) is 0.445.